The molecule has 0 fully saturated rings. The molecule has 0 saturated carbocycles. The molecular weight excluding hydrogens is 518 g/mol. The summed E-state index contributed by atoms with van der Waals surface area (Å²) in [5, 5.41) is 2.21. The van der Waals surface area contributed by atoms with Crippen molar-refractivity contribution < 1.29 is 4.42 Å². The molecule has 6 rings (SSSR count). The van der Waals surface area contributed by atoms with E-state index in [4.69, 9.17) is 4.42 Å². The van der Waals surface area contributed by atoms with Crippen molar-refractivity contribution in [2.24, 2.45) is 0 Å². The first-order valence-electron chi connectivity index (χ1n) is 12.6. The van der Waals surface area contributed by atoms with Gasteiger partial charge in [-0.1, -0.05) is 97.4 Å². The molecule has 6 aromatic rings. The van der Waals surface area contributed by atoms with E-state index in [-0.39, 0.29) is 5.41 Å². The second-order valence-electron chi connectivity index (χ2n) is 10.4. The van der Waals surface area contributed by atoms with E-state index >= 15 is 0 Å². The average molecular weight is 547 g/mol. The Bertz CT molecular complexity index is 1700. The minimum Gasteiger partial charge on any atom is -0.455 e. The maximum atomic E-state index is 6.57. The summed E-state index contributed by atoms with van der Waals surface area (Å²) >= 11 is 3.72. The molecule has 0 aliphatic rings. The van der Waals surface area contributed by atoms with E-state index in [1.807, 2.05) is 6.07 Å². The molecule has 37 heavy (non-hydrogen) atoms. The van der Waals surface area contributed by atoms with Crippen molar-refractivity contribution in [3.8, 4) is 11.1 Å². The Morgan fingerprint density at radius 1 is 0.622 bits per heavy atom. The summed E-state index contributed by atoms with van der Waals surface area (Å²) in [5.41, 5.74) is 8.69. The Kier molecular flexibility index (Phi) is 5.89. The van der Waals surface area contributed by atoms with Crippen LogP contribution < -0.4 is 4.90 Å². The van der Waals surface area contributed by atoms with Crippen LogP contribution in [0.5, 0.6) is 0 Å². The molecule has 3 heteroatoms. The van der Waals surface area contributed by atoms with E-state index in [1.165, 1.54) is 5.56 Å². The zero-order chi connectivity index (χ0) is 25.6. The molecule has 0 spiro atoms. The molecule has 0 radical (unpaired) electrons. The second-order valence-corrected chi connectivity index (χ2v) is 11.4. The third-order valence-corrected chi connectivity index (χ3v) is 7.33. The Morgan fingerprint density at radius 2 is 1.24 bits per heavy atom. The highest BCUT2D eigenvalue weighted by atomic mass is 79.9. The number of para-hydroxylation sites is 1. The molecule has 0 atom stereocenters. The number of halogens is 1. The van der Waals surface area contributed by atoms with Gasteiger partial charge in [-0.3, -0.25) is 0 Å². The number of anilines is 3. The summed E-state index contributed by atoms with van der Waals surface area (Å²) in [6.45, 7) is 6.73. The quantitative estimate of drug-likeness (QED) is 0.219. The van der Waals surface area contributed by atoms with Gasteiger partial charge < -0.3 is 9.32 Å². The van der Waals surface area contributed by atoms with Gasteiger partial charge in [0.05, 0.1) is 0 Å². The predicted molar refractivity (Wildman–Crippen MR) is 160 cm³/mol. The van der Waals surface area contributed by atoms with Crippen molar-refractivity contribution in [3.63, 3.8) is 0 Å². The van der Waals surface area contributed by atoms with Crippen molar-refractivity contribution in [1.29, 1.82) is 0 Å². The number of fused-ring (bicyclic) bond motifs is 3. The zero-order valence-electron chi connectivity index (χ0n) is 21.2. The van der Waals surface area contributed by atoms with Crippen molar-refractivity contribution in [3.05, 3.63) is 125 Å². The van der Waals surface area contributed by atoms with Gasteiger partial charge in [0, 0.05) is 43.9 Å². The van der Waals surface area contributed by atoms with E-state index in [2.05, 4.69) is 151 Å². The largest absolute Gasteiger partial charge is 0.455 e. The van der Waals surface area contributed by atoms with Gasteiger partial charge in [0.15, 0.2) is 0 Å². The SMILES string of the molecule is CC(C)(C)c1ccc(N(c2ccccc2)c2ccc3c(c2)oc2c(-c4ccccc4)cc(Br)cc23)cc1. The highest BCUT2D eigenvalue weighted by Gasteiger charge is 2.19. The summed E-state index contributed by atoms with van der Waals surface area (Å²) in [4.78, 5) is 2.28. The van der Waals surface area contributed by atoms with E-state index in [0.717, 1.165) is 54.6 Å². The number of benzene rings is 5. The zero-order valence-corrected chi connectivity index (χ0v) is 22.8. The number of furan rings is 1. The lowest BCUT2D eigenvalue weighted by atomic mass is 9.87. The van der Waals surface area contributed by atoms with Crippen molar-refractivity contribution in [2.45, 2.75) is 26.2 Å². The molecule has 0 N–H and O–H groups in total. The highest BCUT2D eigenvalue weighted by molar-refractivity contribution is 9.10. The van der Waals surface area contributed by atoms with Crippen LogP contribution in [0.25, 0.3) is 33.1 Å². The van der Waals surface area contributed by atoms with Gasteiger partial charge in [0.25, 0.3) is 0 Å². The van der Waals surface area contributed by atoms with Crippen LogP contribution >= 0.6 is 15.9 Å². The number of hydrogen-bond acceptors (Lipinski definition) is 2. The Balaban J connectivity index is 1.52. The smallest absolute Gasteiger partial charge is 0.143 e. The van der Waals surface area contributed by atoms with Gasteiger partial charge in [-0.15, -0.1) is 0 Å². The first-order valence-corrected chi connectivity index (χ1v) is 13.3. The van der Waals surface area contributed by atoms with Crippen LogP contribution in [-0.4, -0.2) is 0 Å². The number of nitrogens with zero attached hydrogens (tertiary/aromatic N) is 1. The van der Waals surface area contributed by atoms with E-state index in [0.29, 0.717) is 0 Å². The van der Waals surface area contributed by atoms with Crippen LogP contribution in [-0.2, 0) is 5.41 Å². The average Bonchev–Trinajstić information content (AvgIpc) is 3.27. The van der Waals surface area contributed by atoms with Crippen LogP contribution in [0.4, 0.5) is 17.1 Å². The minimum absolute atomic E-state index is 0.105. The first-order chi connectivity index (χ1) is 17.9. The normalized spacial score (nSPS) is 11.8. The van der Waals surface area contributed by atoms with E-state index in [9.17, 15) is 0 Å². The molecule has 0 unspecified atom stereocenters. The second kappa shape index (κ2) is 9.24. The summed E-state index contributed by atoms with van der Waals surface area (Å²) in [5.74, 6) is 0. The molecule has 0 aliphatic heterocycles. The fourth-order valence-corrected chi connectivity index (χ4v) is 5.40. The lowest BCUT2D eigenvalue weighted by Crippen LogP contribution is -2.13. The fourth-order valence-electron chi connectivity index (χ4n) is 4.94. The van der Waals surface area contributed by atoms with Crippen LogP contribution in [0.15, 0.2) is 124 Å². The molecular formula is C34H28BrNO. The summed E-state index contributed by atoms with van der Waals surface area (Å²) < 4.78 is 7.61. The Morgan fingerprint density at radius 3 is 1.92 bits per heavy atom. The van der Waals surface area contributed by atoms with Gasteiger partial charge in [0.1, 0.15) is 11.2 Å². The van der Waals surface area contributed by atoms with Gasteiger partial charge in [-0.05, 0) is 65.1 Å². The first kappa shape index (κ1) is 23.6. The molecule has 5 aromatic carbocycles. The molecule has 0 bridgehead atoms. The molecule has 1 heterocycles. The third-order valence-electron chi connectivity index (χ3n) is 6.87. The van der Waals surface area contributed by atoms with Crippen LogP contribution in [0.2, 0.25) is 0 Å². The van der Waals surface area contributed by atoms with Gasteiger partial charge in [-0.25, -0.2) is 0 Å². The number of hydrogen-bond donors (Lipinski definition) is 0. The summed E-state index contributed by atoms with van der Waals surface area (Å²) in [6, 6.07) is 40.6. The third kappa shape index (κ3) is 4.45. The summed E-state index contributed by atoms with van der Waals surface area (Å²) in [6.07, 6.45) is 0. The maximum absolute atomic E-state index is 6.57. The van der Waals surface area contributed by atoms with Gasteiger partial charge in [-0.2, -0.15) is 0 Å². The molecule has 0 amide bonds. The molecule has 1 aromatic heterocycles. The van der Waals surface area contributed by atoms with E-state index < -0.39 is 0 Å². The Labute approximate surface area is 226 Å². The highest BCUT2D eigenvalue weighted by Crippen LogP contribution is 2.42. The van der Waals surface area contributed by atoms with Crippen molar-refractivity contribution >= 4 is 54.9 Å². The van der Waals surface area contributed by atoms with E-state index in [1.54, 1.807) is 0 Å². The standard InChI is InChI=1S/C34H28BrNO/c1-34(2,3)24-14-16-27(17-15-24)36(26-12-8-5-9-13-26)28-18-19-29-31-21-25(35)20-30(23-10-6-4-7-11-23)33(31)37-32(29)22-28/h4-22H,1-3H3. The fraction of sp³-hybridized carbons (Fsp3) is 0.118. The molecule has 0 saturated heterocycles. The summed E-state index contributed by atoms with van der Waals surface area (Å²) in [7, 11) is 0. The number of rotatable bonds is 4. The predicted octanol–water partition coefficient (Wildman–Crippen LogP) is 10.8. The maximum Gasteiger partial charge on any atom is 0.143 e. The monoisotopic (exact) mass is 545 g/mol. The van der Waals surface area contributed by atoms with Crippen molar-refractivity contribution in [2.75, 3.05) is 4.90 Å². The molecule has 0 aliphatic carbocycles. The van der Waals surface area contributed by atoms with Crippen LogP contribution in [0, 0.1) is 0 Å². The lowest BCUT2D eigenvalue weighted by Gasteiger charge is -2.26. The molecule has 2 nitrogen and oxygen atoms in total. The van der Waals surface area contributed by atoms with Crippen LogP contribution in [0.1, 0.15) is 26.3 Å². The topological polar surface area (TPSA) is 16.4 Å². The molecule has 182 valence electrons. The van der Waals surface area contributed by atoms with Gasteiger partial charge in [0.2, 0.25) is 0 Å². The lowest BCUT2D eigenvalue weighted by molar-refractivity contribution is 0.590. The minimum atomic E-state index is 0.105. The van der Waals surface area contributed by atoms with Crippen LogP contribution in [0.3, 0.4) is 0 Å². The van der Waals surface area contributed by atoms with Crippen molar-refractivity contribution in [1.82, 2.24) is 0 Å². The Hall–Kier alpha value is -3.82. The van der Waals surface area contributed by atoms with Gasteiger partial charge >= 0.3 is 0 Å².